The zero-order valence-electron chi connectivity index (χ0n) is 10.7. The van der Waals surface area contributed by atoms with Gasteiger partial charge in [0.15, 0.2) is 0 Å². The largest absolute Gasteiger partial charge is 0.323 e. The van der Waals surface area contributed by atoms with Gasteiger partial charge in [-0.25, -0.2) is 13.4 Å². The summed E-state index contributed by atoms with van der Waals surface area (Å²) in [4.78, 5) is 7.12. The fourth-order valence-corrected chi connectivity index (χ4v) is 3.36. The highest BCUT2D eigenvalue weighted by atomic mass is 32.2. The third-order valence-electron chi connectivity index (χ3n) is 2.26. The van der Waals surface area contributed by atoms with E-state index >= 15 is 0 Å². The summed E-state index contributed by atoms with van der Waals surface area (Å²) in [6, 6.07) is 7.40. The molecule has 1 heterocycles. The van der Waals surface area contributed by atoms with Crippen LogP contribution in [0, 0.1) is 5.41 Å². The Hall–Kier alpha value is -1.56. The summed E-state index contributed by atoms with van der Waals surface area (Å²) in [5, 5.41) is 0. The molecule has 0 saturated heterocycles. The first-order chi connectivity index (χ1) is 8.25. The van der Waals surface area contributed by atoms with Crippen LogP contribution in [0.3, 0.4) is 0 Å². The maximum atomic E-state index is 11.9. The second-order valence-electron chi connectivity index (χ2n) is 5.52. The standard InChI is InChI=1S/C12H17N3O2S/c1-12(2,3)8-18(16,17)15-11-13-9-6-4-5-7-10(9)14-11/h4-7H,8H2,1-3H3,(H2,13,14,15). The molecule has 1 aromatic heterocycles. The molecule has 0 aliphatic carbocycles. The van der Waals surface area contributed by atoms with E-state index in [2.05, 4.69) is 14.7 Å². The molecule has 0 unspecified atom stereocenters. The molecule has 0 fully saturated rings. The van der Waals surface area contributed by atoms with E-state index in [4.69, 9.17) is 0 Å². The number of fused-ring (bicyclic) bond motifs is 1. The van der Waals surface area contributed by atoms with Crippen molar-refractivity contribution in [2.45, 2.75) is 20.8 Å². The van der Waals surface area contributed by atoms with E-state index in [0.29, 0.717) is 0 Å². The van der Waals surface area contributed by atoms with Gasteiger partial charge in [0.25, 0.3) is 0 Å². The fourth-order valence-electron chi connectivity index (χ4n) is 1.75. The number of sulfonamides is 1. The third-order valence-corrected chi connectivity index (χ3v) is 4.02. The summed E-state index contributed by atoms with van der Waals surface area (Å²) in [7, 11) is -3.38. The molecule has 18 heavy (non-hydrogen) atoms. The predicted molar refractivity (Wildman–Crippen MR) is 73.0 cm³/mol. The van der Waals surface area contributed by atoms with Crippen molar-refractivity contribution in [3.05, 3.63) is 24.3 Å². The number of nitrogens with zero attached hydrogens (tertiary/aromatic N) is 1. The second-order valence-corrected chi connectivity index (χ2v) is 7.25. The quantitative estimate of drug-likeness (QED) is 0.896. The molecule has 0 atom stereocenters. The van der Waals surface area contributed by atoms with Crippen LogP contribution >= 0.6 is 0 Å². The van der Waals surface area contributed by atoms with Crippen LogP contribution in [-0.4, -0.2) is 24.1 Å². The number of benzene rings is 1. The zero-order valence-corrected chi connectivity index (χ0v) is 11.5. The van der Waals surface area contributed by atoms with E-state index in [-0.39, 0.29) is 17.1 Å². The van der Waals surface area contributed by atoms with Gasteiger partial charge in [0, 0.05) is 0 Å². The summed E-state index contributed by atoms with van der Waals surface area (Å²) < 4.78 is 26.3. The van der Waals surface area contributed by atoms with Gasteiger partial charge in [-0.2, -0.15) is 0 Å². The summed E-state index contributed by atoms with van der Waals surface area (Å²) in [5.74, 6) is 0.317. The van der Waals surface area contributed by atoms with Gasteiger partial charge in [0.1, 0.15) is 0 Å². The van der Waals surface area contributed by atoms with Crippen LogP contribution in [0.2, 0.25) is 0 Å². The molecule has 98 valence electrons. The van der Waals surface area contributed by atoms with E-state index in [1.807, 2.05) is 45.0 Å². The molecular weight excluding hydrogens is 250 g/mol. The molecule has 0 saturated carbocycles. The molecule has 2 aromatic rings. The summed E-state index contributed by atoms with van der Waals surface area (Å²) in [5.41, 5.74) is 1.26. The molecule has 0 spiro atoms. The number of hydrogen-bond acceptors (Lipinski definition) is 3. The summed E-state index contributed by atoms with van der Waals surface area (Å²) >= 11 is 0. The summed E-state index contributed by atoms with van der Waals surface area (Å²) in [6.45, 7) is 5.64. The predicted octanol–water partition coefficient (Wildman–Crippen LogP) is 2.35. The highest BCUT2D eigenvalue weighted by molar-refractivity contribution is 7.92. The van der Waals surface area contributed by atoms with Crippen molar-refractivity contribution < 1.29 is 8.42 Å². The highest BCUT2D eigenvalue weighted by Gasteiger charge is 2.22. The third kappa shape index (κ3) is 3.22. The first-order valence-corrected chi connectivity index (χ1v) is 7.36. The van der Waals surface area contributed by atoms with Crippen molar-refractivity contribution in [1.82, 2.24) is 9.97 Å². The van der Waals surface area contributed by atoms with Crippen molar-refractivity contribution in [1.29, 1.82) is 0 Å². The van der Waals surface area contributed by atoms with Gasteiger partial charge < -0.3 is 4.98 Å². The minimum absolute atomic E-state index is 0.0526. The SMILES string of the molecule is CC(C)(C)CS(=O)(=O)Nc1nc2ccccc2[nH]1. The van der Waals surface area contributed by atoms with Crippen LogP contribution < -0.4 is 4.72 Å². The lowest BCUT2D eigenvalue weighted by Gasteiger charge is -2.17. The van der Waals surface area contributed by atoms with Crippen LogP contribution in [-0.2, 0) is 10.0 Å². The van der Waals surface area contributed by atoms with Crippen molar-refractivity contribution in [2.24, 2.45) is 5.41 Å². The van der Waals surface area contributed by atoms with E-state index in [0.717, 1.165) is 11.0 Å². The lowest BCUT2D eigenvalue weighted by molar-refractivity contribution is 0.463. The topological polar surface area (TPSA) is 74.8 Å². The van der Waals surface area contributed by atoms with Gasteiger partial charge in [-0.3, -0.25) is 4.72 Å². The van der Waals surface area contributed by atoms with Gasteiger partial charge in [0.2, 0.25) is 16.0 Å². The lowest BCUT2D eigenvalue weighted by Crippen LogP contribution is -2.26. The van der Waals surface area contributed by atoms with Gasteiger partial charge in [-0.05, 0) is 17.5 Å². The number of para-hydroxylation sites is 2. The Kier molecular flexibility index (Phi) is 3.06. The molecular formula is C12H17N3O2S. The number of nitrogens with one attached hydrogen (secondary N) is 2. The van der Waals surface area contributed by atoms with Crippen LogP contribution in [0.25, 0.3) is 11.0 Å². The molecule has 0 radical (unpaired) electrons. The maximum absolute atomic E-state index is 11.9. The molecule has 0 amide bonds. The Balaban J connectivity index is 2.23. The molecule has 5 nitrogen and oxygen atoms in total. The molecule has 0 aliphatic rings. The monoisotopic (exact) mass is 267 g/mol. The Morgan fingerprint density at radius 2 is 1.94 bits per heavy atom. The maximum Gasteiger partial charge on any atom is 0.235 e. The first kappa shape index (κ1) is 12.9. The number of aromatic amines is 1. The number of imidazole rings is 1. The van der Waals surface area contributed by atoms with Gasteiger partial charge in [0.05, 0.1) is 16.8 Å². The highest BCUT2D eigenvalue weighted by Crippen LogP contribution is 2.19. The van der Waals surface area contributed by atoms with Gasteiger partial charge in [-0.15, -0.1) is 0 Å². The number of rotatable bonds is 3. The Morgan fingerprint density at radius 3 is 2.56 bits per heavy atom. The van der Waals surface area contributed by atoms with Crippen molar-refractivity contribution in [2.75, 3.05) is 10.5 Å². The smallest absolute Gasteiger partial charge is 0.235 e. The van der Waals surface area contributed by atoms with Gasteiger partial charge >= 0.3 is 0 Å². The van der Waals surface area contributed by atoms with Crippen LogP contribution in [0.4, 0.5) is 5.95 Å². The minimum Gasteiger partial charge on any atom is -0.323 e. The number of aromatic nitrogens is 2. The van der Waals surface area contributed by atoms with Crippen molar-refractivity contribution >= 4 is 27.0 Å². The average Bonchev–Trinajstić information content (AvgIpc) is 2.53. The number of hydrogen-bond donors (Lipinski definition) is 2. The van der Waals surface area contributed by atoms with E-state index in [9.17, 15) is 8.42 Å². The van der Waals surface area contributed by atoms with Crippen LogP contribution in [0.5, 0.6) is 0 Å². The normalized spacial score (nSPS) is 12.8. The molecule has 2 N–H and O–H groups in total. The van der Waals surface area contributed by atoms with Gasteiger partial charge in [-0.1, -0.05) is 32.9 Å². The molecule has 2 rings (SSSR count). The van der Waals surface area contributed by atoms with E-state index in [1.165, 1.54) is 0 Å². The summed E-state index contributed by atoms with van der Waals surface area (Å²) in [6.07, 6.45) is 0. The molecule has 0 aliphatic heterocycles. The molecule has 6 heteroatoms. The average molecular weight is 267 g/mol. The number of H-pyrrole nitrogens is 1. The number of anilines is 1. The van der Waals surface area contributed by atoms with Crippen molar-refractivity contribution in [3.8, 4) is 0 Å². The fraction of sp³-hybridized carbons (Fsp3) is 0.417. The van der Waals surface area contributed by atoms with E-state index < -0.39 is 10.0 Å². The second kappa shape index (κ2) is 4.28. The minimum atomic E-state index is -3.38. The molecule has 0 bridgehead atoms. The Labute approximate surface area is 107 Å². The van der Waals surface area contributed by atoms with Crippen LogP contribution in [0.1, 0.15) is 20.8 Å². The Morgan fingerprint density at radius 1 is 1.28 bits per heavy atom. The first-order valence-electron chi connectivity index (χ1n) is 5.70. The lowest BCUT2D eigenvalue weighted by atomic mass is 10.0. The zero-order chi connectivity index (χ0) is 13.4. The van der Waals surface area contributed by atoms with Crippen molar-refractivity contribution in [3.63, 3.8) is 0 Å². The van der Waals surface area contributed by atoms with Crippen LogP contribution in [0.15, 0.2) is 24.3 Å². The Bertz CT molecular complexity index is 620. The molecule has 1 aromatic carbocycles. The van der Waals surface area contributed by atoms with E-state index in [1.54, 1.807) is 0 Å².